The van der Waals surface area contributed by atoms with Crippen molar-refractivity contribution in [2.24, 2.45) is 0 Å². The maximum absolute atomic E-state index is 12.5. The number of urea groups is 1. The molecule has 0 aromatic rings. The van der Waals surface area contributed by atoms with Gasteiger partial charge < -0.3 is 19.6 Å². The van der Waals surface area contributed by atoms with Crippen molar-refractivity contribution in [1.29, 1.82) is 0 Å². The Labute approximate surface area is 114 Å². The van der Waals surface area contributed by atoms with E-state index in [0.717, 1.165) is 6.42 Å². The third-order valence-electron chi connectivity index (χ3n) is 3.92. The highest BCUT2D eigenvalue weighted by Crippen LogP contribution is 2.33. The van der Waals surface area contributed by atoms with Crippen LogP contribution in [0, 0.1) is 0 Å². The molecule has 19 heavy (non-hydrogen) atoms. The minimum Gasteiger partial charge on any atom is -0.479 e. The molecular formula is C13H24N2O4. The molecule has 1 unspecified atom stereocenters. The van der Waals surface area contributed by atoms with Crippen LogP contribution >= 0.6 is 0 Å². The number of rotatable bonds is 6. The summed E-state index contributed by atoms with van der Waals surface area (Å²) in [6.07, 6.45) is 1.72. The first-order valence-corrected chi connectivity index (χ1v) is 6.82. The molecule has 1 atom stereocenters. The number of methoxy groups -OCH3 is 1. The van der Waals surface area contributed by atoms with Crippen molar-refractivity contribution in [3.8, 4) is 0 Å². The van der Waals surface area contributed by atoms with Crippen LogP contribution in [0.4, 0.5) is 4.79 Å². The summed E-state index contributed by atoms with van der Waals surface area (Å²) in [6.45, 7) is 5.73. The van der Waals surface area contributed by atoms with Gasteiger partial charge in [0.2, 0.25) is 0 Å². The third kappa shape index (κ3) is 3.00. The van der Waals surface area contributed by atoms with Gasteiger partial charge in [-0.1, -0.05) is 6.92 Å². The summed E-state index contributed by atoms with van der Waals surface area (Å²) in [5.74, 6) is -0.899. The number of likely N-dealkylation sites (tertiary alicyclic amines) is 1. The molecule has 0 aromatic heterocycles. The number of hydrogen-bond acceptors (Lipinski definition) is 3. The van der Waals surface area contributed by atoms with Gasteiger partial charge in [-0.2, -0.15) is 0 Å². The van der Waals surface area contributed by atoms with Gasteiger partial charge in [0.25, 0.3) is 0 Å². The van der Waals surface area contributed by atoms with E-state index < -0.39 is 11.5 Å². The molecule has 1 aliphatic heterocycles. The zero-order valence-corrected chi connectivity index (χ0v) is 12.0. The van der Waals surface area contributed by atoms with Gasteiger partial charge in [-0.15, -0.1) is 0 Å². The van der Waals surface area contributed by atoms with E-state index in [1.54, 1.807) is 12.0 Å². The summed E-state index contributed by atoms with van der Waals surface area (Å²) in [5, 5.41) is 9.48. The largest absolute Gasteiger partial charge is 0.479 e. The van der Waals surface area contributed by atoms with Crippen molar-refractivity contribution in [2.75, 3.05) is 33.4 Å². The molecule has 110 valence electrons. The van der Waals surface area contributed by atoms with Crippen molar-refractivity contribution >= 4 is 12.0 Å². The van der Waals surface area contributed by atoms with E-state index in [0.29, 0.717) is 39.1 Å². The first-order valence-electron chi connectivity index (χ1n) is 6.82. The molecular weight excluding hydrogens is 248 g/mol. The molecule has 6 nitrogen and oxygen atoms in total. The number of likely N-dealkylation sites (N-methyl/N-ethyl adjacent to an activating group) is 1. The quantitative estimate of drug-likeness (QED) is 0.793. The van der Waals surface area contributed by atoms with Crippen LogP contribution in [0.15, 0.2) is 0 Å². The minimum atomic E-state index is -1.03. The Hall–Kier alpha value is -1.30. The van der Waals surface area contributed by atoms with Gasteiger partial charge in [-0.05, 0) is 26.2 Å². The molecule has 0 aliphatic carbocycles. The summed E-state index contributed by atoms with van der Waals surface area (Å²) in [5.41, 5.74) is -1.03. The predicted octanol–water partition coefficient (Wildman–Crippen LogP) is 1.40. The van der Waals surface area contributed by atoms with E-state index >= 15 is 0 Å². The lowest BCUT2D eigenvalue weighted by atomic mass is 9.93. The van der Waals surface area contributed by atoms with Crippen LogP contribution in [0.3, 0.4) is 0 Å². The number of carbonyl (C=O) groups is 2. The second-order valence-corrected chi connectivity index (χ2v) is 4.80. The van der Waals surface area contributed by atoms with Crippen LogP contribution in [0.25, 0.3) is 0 Å². The Morgan fingerprint density at radius 2 is 2.11 bits per heavy atom. The summed E-state index contributed by atoms with van der Waals surface area (Å²) in [6, 6.07) is -0.193. The van der Waals surface area contributed by atoms with Crippen LogP contribution in [-0.2, 0) is 9.53 Å². The molecule has 0 aromatic carbocycles. The van der Waals surface area contributed by atoms with Gasteiger partial charge in [-0.3, -0.25) is 0 Å². The van der Waals surface area contributed by atoms with Gasteiger partial charge in [0.05, 0.1) is 6.61 Å². The van der Waals surface area contributed by atoms with Crippen LogP contribution in [-0.4, -0.2) is 65.8 Å². The van der Waals surface area contributed by atoms with Crippen molar-refractivity contribution in [3.05, 3.63) is 0 Å². The number of nitrogens with zero attached hydrogens (tertiary/aromatic N) is 2. The molecule has 1 rings (SSSR count). The van der Waals surface area contributed by atoms with Gasteiger partial charge >= 0.3 is 12.0 Å². The molecule has 2 amide bonds. The molecule has 0 radical (unpaired) electrons. The van der Waals surface area contributed by atoms with Gasteiger partial charge in [0.1, 0.15) is 5.54 Å². The first kappa shape index (κ1) is 15.8. The van der Waals surface area contributed by atoms with E-state index in [2.05, 4.69) is 0 Å². The van der Waals surface area contributed by atoms with Crippen LogP contribution < -0.4 is 0 Å². The fourth-order valence-electron chi connectivity index (χ4n) is 2.66. The lowest BCUT2D eigenvalue weighted by Crippen LogP contribution is -2.56. The zero-order chi connectivity index (χ0) is 14.5. The van der Waals surface area contributed by atoms with E-state index in [9.17, 15) is 14.7 Å². The average molecular weight is 272 g/mol. The fraction of sp³-hybridized carbons (Fsp3) is 0.846. The molecule has 1 aliphatic rings. The summed E-state index contributed by atoms with van der Waals surface area (Å²) < 4.78 is 4.98. The topological polar surface area (TPSA) is 70.1 Å². The average Bonchev–Trinajstić information content (AvgIpc) is 2.84. The zero-order valence-electron chi connectivity index (χ0n) is 12.0. The molecule has 0 spiro atoms. The minimum absolute atomic E-state index is 0.193. The number of carboxylic acids is 1. The van der Waals surface area contributed by atoms with Crippen molar-refractivity contribution < 1.29 is 19.4 Å². The fourth-order valence-corrected chi connectivity index (χ4v) is 2.66. The Morgan fingerprint density at radius 1 is 1.42 bits per heavy atom. The normalized spacial score (nSPS) is 22.6. The number of amides is 2. The highest BCUT2D eigenvalue weighted by molar-refractivity contribution is 5.87. The number of aliphatic carboxylic acids is 1. The van der Waals surface area contributed by atoms with E-state index in [1.165, 1.54) is 4.90 Å². The second kappa shape index (κ2) is 6.75. The van der Waals surface area contributed by atoms with E-state index in [4.69, 9.17) is 4.74 Å². The van der Waals surface area contributed by atoms with Crippen molar-refractivity contribution in [1.82, 2.24) is 9.80 Å². The Balaban J connectivity index is 2.86. The Bertz CT molecular complexity index is 335. The number of hydrogen-bond donors (Lipinski definition) is 1. The Kier molecular flexibility index (Phi) is 5.60. The van der Waals surface area contributed by atoms with Crippen LogP contribution in [0.2, 0.25) is 0 Å². The summed E-state index contributed by atoms with van der Waals surface area (Å²) in [7, 11) is 1.59. The van der Waals surface area contributed by atoms with Gasteiger partial charge in [0.15, 0.2) is 0 Å². The van der Waals surface area contributed by atoms with Crippen LogP contribution in [0.5, 0.6) is 0 Å². The molecule has 0 saturated carbocycles. The molecule has 1 saturated heterocycles. The maximum atomic E-state index is 12.5. The third-order valence-corrected chi connectivity index (χ3v) is 3.92. The molecule has 1 N–H and O–H groups in total. The van der Waals surface area contributed by atoms with E-state index in [1.807, 2.05) is 13.8 Å². The number of carbonyl (C=O) groups excluding carboxylic acids is 1. The monoisotopic (exact) mass is 272 g/mol. The summed E-state index contributed by atoms with van der Waals surface area (Å²) >= 11 is 0. The highest BCUT2D eigenvalue weighted by Gasteiger charge is 2.49. The van der Waals surface area contributed by atoms with Crippen LogP contribution in [0.1, 0.15) is 33.1 Å². The smallest absolute Gasteiger partial charge is 0.329 e. The molecule has 1 heterocycles. The lowest BCUT2D eigenvalue weighted by Gasteiger charge is -2.37. The van der Waals surface area contributed by atoms with Crippen molar-refractivity contribution in [3.63, 3.8) is 0 Å². The summed E-state index contributed by atoms with van der Waals surface area (Å²) in [4.78, 5) is 27.2. The number of ether oxygens (including phenoxy) is 1. The molecule has 0 bridgehead atoms. The molecule has 6 heteroatoms. The molecule has 1 fully saturated rings. The number of carboxylic acid groups (broad SMARTS) is 1. The Morgan fingerprint density at radius 3 is 2.58 bits per heavy atom. The standard InChI is InChI=1S/C13H24N2O4/c1-4-13(11(16)17)7-6-8-15(13)12(18)14(5-2)9-10-19-3/h4-10H2,1-3H3,(H,16,17). The highest BCUT2D eigenvalue weighted by atomic mass is 16.5. The first-order chi connectivity index (χ1) is 9.03. The predicted molar refractivity (Wildman–Crippen MR) is 71.1 cm³/mol. The second-order valence-electron chi connectivity index (χ2n) is 4.80. The van der Waals surface area contributed by atoms with Crippen molar-refractivity contribution in [2.45, 2.75) is 38.6 Å². The van der Waals surface area contributed by atoms with E-state index in [-0.39, 0.29) is 6.03 Å². The SMILES string of the molecule is CCN(CCOC)C(=O)N1CCCC1(CC)C(=O)O. The maximum Gasteiger partial charge on any atom is 0.329 e. The lowest BCUT2D eigenvalue weighted by molar-refractivity contribution is -0.148. The van der Waals surface area contributed by atoms with Gasteiger partial charge in [0, 0.05) is 26.7 Å². The van der Waals surface area contributed by atoms with Gasteiger partial charge in [-0.25, -0.2) is 9.59 Å².